The smallest absolute Gasteiger partial charge is 0.261 e. The first-order chi connectivity index (χ1) is 14.7. The van der Waals surface area contributed by atoms with Gasteiger partial charge in [0.05, 0.1) is 17.7 Å². The number of nitrogens with zero attached hydrogens (tertiary/aromatic N) is 3. The Bertz CT molecular complexity index is 857. The SMILES string of the molecule is COCCOc1ccc(N2CCN(CCN3C(=O)c4ccccc4C3=O)CC2)cc1. The van der Waals surface area contributed by atoms with Gasteiger partial charge < -0.3 is 14.4 Å². The van der Waals surface area contributed by atoms with Crippen molar-refractivity contribution in [1.82, 2.24) is 9.80 Å². The van der Waals surface area contributed by atoms with Crippen LogP contribution in [0.25, 0.3) is 0 Å². The van der Waals surface area contributed by atoms with Crippen molar-refractivity contribution in [1.29, 1.82) is 0 Å². The van der Waals surface area contributed by atoms with Crippen molar-refractivity contribution < 1.29 is 19.1 Å². The van der Waals surface area contributed by atoms with Crippen LogP contribution in [-0.4, -0.2) is 81.2 Å². The zero-order valence-corrected chi connectivity index (χ0v) is 17.3. The van der Waals surface area contributed by atoms with Gasteiger partial charge in [-0.2, -0.15) is 0 Å². The Kier molecular flexibility index (Phi) is 6.30. The number of carbonyl (C=O) groups excluding carboxylic acids is 2. The highest BCUT2D eigenvalue weighted by molar-refractivity contribution is 6.21. The number of rotatable bonds is 8. The number of benzene rings is 2. The maximum atomic E-state index is 12.5. The monoisotopic (exact) mass is 409 g/mol. The predicted octanol–water partition coefficient (Wildman–Crippen LogP) is 2.13. The lowest BCUT2D eigenvalue weighted by Crippen LogP contribution is -2.49. The summed E-state index contributed by atoms with van der Waals surface area (Å²) in [7, 11) is 1.66. The molecule has 158 valence electrons. The Morgan fingerprint density at radius 1 is 0.800 bits per heavy atom. The third-order valence-electron chi connectivity index (χ3n) is 5.65. The molecule has 7 nitrogen and oxygen atoms in total. The van der Waals surface area contributed by atoms with Crippen LogP contribution >= 0.6 is 0 Å². The minimum atomic E-state index is -0.179. The minimum Gasteiger partial charge on any atom is -0.491 e. The number of piperazine rings is 1. The Hall–Kier alpha value is -2.90. The highest BCUT2D eigenvalue weighted by atomic mass is 16.5. The van der Waals surface area contributed by atoms with Crippen LogP contribution in [0.5, 0.6) is 5.75 Å². The van der Waals surface area contributed by atoms with Crippen molar-refractivity contribution in [2.75, 3.05) is 64.5 Å². The van der Waals surface area contributed by atoms with Gasteiger partial charge in [-0.05, 0) is 36.4 Å². The van der Waals surface area contributed by atoms with Crippen molar-refractivity contribution in [2.24, 2.45) is 0 Å². The molecule has 0 bridgehead atoms. The fourth-order valence-electron chi connectivity index (χ4n) is 3.91. The lowest BCUT2D eigenvalue weighted by molar-refractivity contribution is 0.0635. The van der Waals surface area contributed by atoms with Gasteiger partial charge in [0.25, 0.3) is 11.8 Å². The van der Waals surface area contributed by atoms with Gasteiger partial charge in [0.2, 0.25) is 0 Å². The van der Waals surface area contributed by atoms with E-state index in [-0.39, 0.29) is 11.8 Å². The van der Waals surface area contributed by atoms with E-state index in [2.05, 4.69) is 21.9 Å². The van der Waals surface area contributed by atoms with E-state index >= 15 is 0 Å². The van der Waals surface area contributed by atoms with Crippen LogP contribution in [0, 0.1) is 0 Å². The summed E-state index contributed by atoms with van der Waals surface area (Å²) in [6, 6.07) is 15.2. The number of imide groups is 1. The molecule has 0 aliphatic carbocycles. The molecule has 0 N–H and O–H groups in total. The number of anilines is 1. The van der Waals surface area contributed by atoms with E-state index in [1.54, 1.807) is 31.4 Å². The first-order valence-electron chi connectivity index (χ1n) is 10.3. The average molecular weight is 409 g/mol. The van der Waals surface area contributed by atoms with Crippen LogP contribution in [0.4, 0.5) is 5.69 Å². The highest BCUT2D eigenvalue weighted by Crippen LogP contribution is 2.23. The summed E-state index contributed by atoms with van der Waals surface area (Å²) in [5, 5.41) is 0. The third kappa shape index (κ3) is 4.32. The molecule has 2 aliphatic heterocycles. The normalized spacial score (nSPS) is 16.8. The molecule has 0 spiro atoms. The van der Waals surface area contributed by atoms with E-state index in [9.17, 15) is 9.59 Å². The third-order valence-corrected chi connectivity index (χ3v) is 5.65. The molecular formula is C23H27N3O4. The van der Waals surface area contributed by atoms with Crippen LogP contribution in [0.2, 0.25) is 0 Å². The highest BCUT2D eigenvalue weighted by Gasteiger charge is 2.35. The van der Waals surface area contributed by atoms with Gasteiger partial charge in [-0.15, -0.1) is 0 Å². The molecule has 0 atom stereocenters. The second-order valence-electron chi connectivity index (χ2n) is 7.47. The molecule has 2 amide bonds. The molecule has 2 aliphatic rings. The van der Waals surface area contributed by atoms with E-state index in [1.165, 1.54) is 10.6 Å². The number of fused-ring (bicyclic) bond motifs is 1. The van der Waals surface area contributed by atoms with E-state index < -0.39 is 0 Å². The second kappa shape index (κ2) is 9.28. The lowest BCUT2D eigenvalue weighted by atomic mass is 10.1. The van der Waals surface area contributed by atoms with E-state index in [0.29, 0.717) is 37.4 Å². The van der Waals surface area contributed by atoms with Crippen LogP contribution in [-0.2, 0) is 4.74 Å². The number of amides is 2. The van der Waals surface area contributed by atoms with Gasteiger partial charge in [-0.3, -0.25) is 19.4 Å². The van der Waals surface area contributed by atoms with Gasteiger partial charge in [0.15, 0.2) is 0 Å². The van der Waals surface area contributed by atoms with Gasteiger partial charge in [0.1, 0.15) is 12.4 Å². The van der Waals surface area contributed by atoms with Gasteiger partial charge in [-0.1, -0.05) is 12.1 Å². The van der Waals surface area contributed by atoms with Crippen molar-refractivity contribution >= 4 is 17.5 Å². The molecule has 0 radical (unpaired) electrons. The van der Waals surface area contributed by atoms with E-state index in [0.717, 1.165) is 31.9 Å². The number of carbonyl (C=O) groups is 2. The molecule has 1 saturated heterocycles. The number of hydrogen-bond acceptors (Lipinski definition) is 6. The van der Waals surface area contributed by atoms with Crippen LogP contribution in [0.3, 0.4) is 0 Å². The van der Waals surface area contributed by atoms with Crippen molar-refractivity contribution in [3.05, 3.63) is 59.7 Å². The topological polar surface area (TPSA) is 62.3 Å². The Morgan fingerprint density at radius 2 is 1.43 bits per heavy atom. The molecule has 2 aromatic carbocycles. The first kappa shape index (κ1) is 20.4. The summed E-state index contributed by atoms with van der Waals surface area (Å²) in [4.78, 5) is 31.0. The maximum absolute atomic E-state index is 12.5. The van der Waals surface area contributed by atoms with Crippen molar-refractivity contribution in [2.45, 2.75) is 0 Å². The summed E-state index contributed by atoms with van der Waals surface area (Å²) < 4.78 is 10.6. The largest absolute Gasteiger partial charge is 0.491 e. The van der Waals surface area contributed by atoms with E-state index in [1.807, 2.05) is 12.1 Å². The van der Waals surface area contributed by atoms with Gasteiger partial charge in [0, 0.05) is 52.1 Å². The maximum Gasteiger partial charge on any atom is 0.261 e. The Labute approximate surface area is 176 Å². The average Bonchev–Trinajstić information content (AvgIpc) is 3.03. The molecule has 2 heterocycles. The number of hydrogen-bond donors (Lipinski definition) is 0. The Balaban J connectivity index is 1.24. The number of ether oxygens (including phenoxy) is 2. The van der Waals surface area contributed by atoms with Crippen LogP contribution in [0.15, 0.2) is 48.5 Å². The summed E-state index contributed by atoms with van der Waals surface area (Å²) in [6.07, 6.45) is 0. The van der Waals surface area contributed by atoms with Crippen molar-refractivity contribution in [3.8, 4) is 5.75 Å². The Morgan fingerprint density at radius 3 is 2.03 bits per heavy atom. The second-order valence-corrected chi connectivity index (χ2v) is 7.47. The van der Waals surface area contributed by atoms with Gasteiger partial charge in [-0.25, -0.2) is 0 Å². The first-order valence-corrected chi connectivity index (χ1v) is 10.3. The summed E-state index contributed by atoms with van der Waals surface area (Å²) in [6.45, 7) is 5.86. The molecule has 0 saturated carbocycles. The molecular weight excluding hydrogens is 382 g/mol. The quantitative estimate of drug-likeness (QED) is 0.492. The van der Waals surface area contributed by atoms with E-state index in [4.69, 9.17) is 9.47 Å². The molecule has 0 aromatic heterocycles. The minimum absolute atomic E-state index is 0.179. The molecule has 2 aromatic rings. The summed E-state index contributed by atoms with van der Waals surface area (Å²) in [5.41, 5.74) is 2.21. The predicted molar refractivity (Wildman–Crippen MR) is 114 cm³/mol. The number of methoxy groups -OCH3 is 1. The zero-order valence-electron chi connectivity index (χ0n) is 17.3. The molecule has 4 rings (SSSR count). The van der Waals surface area contributed by atoms with Crippen LogP contribution < -0.4 is 9.64 Å². The molecule has 0 unspecified atom stereocenters. The lowest BCUT2D eigenvalue weighted by Gasteiger charge is -2.36. The van der Waals surface area contributed by atoms with Crippen LogP contribution in [0.1, 0.15) is 20.7 Å². The molecule has 1 fully saturated rings. The van der Waals surface area contributed by atoms with Crippen molar-refractivity contribution in [3.63, 3.8) is 0 Å². The molecule has 30 heavy (non-hydrogen) atoms. The summed E-state index contributed by atoms with van der Waals surface area (Å²) >= 11 is 0. The fourth-order valence-corrected chi connectivity index (χ4v) is 3.91. The standard InChI is InChI=1S/C23H27N3O4/c1-29-16-17-30-19-8-6-18(7-9-19)25-13-10-24(11-14-25)12-15-26-22(27)20-4-2-3-5-21(20)23(26)28/h2-9H,10-17H2,1H3. The zero-order chi connectivity index (χ0) is 20.9. The molecule has 7 heteroatoms. The fraction of sp³-hybridized carbons (Fsp3) is 0.391. The van der Waals surface area contributed by atoms with Gasteiger partial charge >= 0.3 is 0 Å². The summed E-state index contributed by atoms with van der Waals surface area (Å²) in [5.74, 6) is 0.486.